The number of hydrogen-bond donors (Lipinski definition) is 1. The molecule has 0 saturated carbocycles. The van der Waals surface area contributed by atoms with E-state index in [1.807, 2.05) is 24.3 Å². The highest BCUT2D eigenvalue weighted by atomic mass is 16.5. The molecular formula is C14H19NO2. The molecule has 1 aliphatic heterocycles. The van der Waals surface area contributed by atoms with E-state index in [9.17, 15) is 4.79 Å². The number of ether oxygens (including phenoxy) is 1. The third kappa shape index (κ3) is 3.30. The number of ketones is 1. The van der Waals surface area contributed by atoms with E-state index in [0.717, 1.165) is 30.8 Å². The van der Waals surface area contributed by atoms with Gasteiger partial charge in [0, 0.05) is 12.0 Å². The van der Waals surface area contributed by atoms with Crippen LogP contribution in [0.2, 0.25) is 0 Å². The lowest BCUT2D eigenvalue weighted by molar-refractivity contribution is 0.0954. The Hall–Kier alpha value is -1.35. The van der Waals surface area contributed by atoms with Crippen molar-refractivity contribution in [2.24, 2.45) is 5.92 Å². The highest BCUT2D eigenvalue weighted by Crippen LogP contribution is 2.18. The van der Waals surface area contributed by atoms with E-state index in [1.165, 1.54) is 6.42 Å². The minimum absolute atomic E-state index is 0.237. The van der Waals surface area contributed by atoms with Crippen molar-refractivity contribution < 1.29 is 9.53 Å². The lowest BCUT2D eigenvalue weighted by Crippen LogP contribution is -2.31. The van der Waals surface area contributed by atoms with Crippen LogP contribution >= 0.6 is 0 Å². The fourth-order valence-electron chi connectivity index (χ4n) is 2.26. The Bertz CT molecular complexity index is 366. The molecule has 1 saturated heterocycles. The molecule has 17 heavy (non-hydrogen) atoms. The van der Waals surface area contributed by atoms with E-state index in [2.05, 4.69) is 5.32 Å². The van der Waals surface area contributed by atoms with Crippen LogP contribution in [-0.2, 0) is 0 Å². The van der Waals surface area contributed by atoms with Gasteiger partial charge in [-0.05, 0) is 56.1 Å². The predicted octanol–water partition coefficient (Wildman–Crippen LogP) is 2.27. The van der Waals surface area contributed by atoms with Crippen LogP contribution in [0.4, 0.5) is 0 Å². The van der Waals surface area contributed by atoms with Crippen molar-refractivity contribution in [3.63, 3.8) is 0 Å². The fourth-order valence-corrected chi connectivity index (χ4v) is 2.26. The lowest BCUT2D eigenvalue weighted by Gasteiger charge is -2.21. The van der Waals surface area contributed by atoms with Crippen LogP contribution in [-0.4, -0.2) is 26.0 Å². The Morgan fingerprint density at radius 2 is 2.18 bits per heavy atom. The number of hydrogen-bond acceptors (Lipinski definition) is 3. The number of piperidine rings is 1. The zero-order valence-corrected chi connectivity index (χ0v) is 10.2. The summed E-state index contributed by atoms with van der Waals surface area (Å²) in [5, 5.41) is 3.34. The van der Waals surface area contributed by atoms with Gasteiger partial charge in [-0.15, -0.1) is 0 Å². The second-order valence-corrected chi connectivity index (χ2v) is 4.57. The second kappa shape index (κ2) is 5.82. The van der Waals surface area contributed by atoms with Gasteiger partial charge in [0.2, 0.25) is 0 Å². The summed E-state index contributed by atoms with van der Waals surface area (Å²) in [7, 11) is 1.63. The first-order valence-electron chi connectivity index (χ1n) is 6.17. The van der Waals surface area contributed by atoms with Gasteiger partial charge in [0.15, 0.2) is 5.78 Å². The first kappa shape index (κ1) is 12.1. The topological polar surface area (TPSA) is 38.3 Å². The van der Waals surface area contributed by atoms with Crippen molar-refractivity contribution in [1.82, 2.24) is 5.32 Å². The molecule has 92 valence electrons. The zero-order chi connectivity index (χ0) is 12.1. The quantitative estimate of drug-likeness (QED) is 0.811. The summed E-state index contributed by atoms with van der Waals surface area (Å²) in [6.45, 7) is 2.06. The van der Waals surface area contributed by atoms with Gasteiger partial charge in [0.1, 0.15) is 5.75 Å². The highest BCUT2D eigenvalue weighted by molar-refractivity contribution is 5.96. The summed E-state index contributed by atoms with van der Waals surface area (Å²) in [4.78, 5) is 12.0. The molecule has 1 heterocycles. The number of rotatable bonds is 4. The average molecular weight is 233 g/mol. The van der Waals surface area contributed by atoms with Crippen LogP contribution in [0.3, 0.4) is 0 Å². The summed E-state index contributed by atoms with van der Waals surface area (Å²) >= 11 is 0. The standard InChI is InChI=1S/C14H19NO2/c1-17-13-6-4-12(5-7-13)14(16)9-11-3-2-8-15-10-11/h4-7,11,15H,2-3,8-10H2,1H3. The number of methoxy groups -OCH3 is 1. The Balaban J connectivity index is 1.93. The molecular weight excluding hydrogens is 214 g/mol. The average Bonchev–Trinajstić information content (AvgIpc) is 2.40. The number of benzene rings is 1. The molecule has 1 N–H and O–H groups in total. The Morgan fingerprint density at radius 1 is 1.41 bits per heavy atom. The van der Waals surface area contributed by atoms with Crippen LogP contribution < -0.4 is 10.1 Å². The smallest absolute Gasteiger partial charge is 0.163 e. The lowest BCUT2D eigenvalue weighted by atomic mass is 9.92. The molecule has 0 aromatic heterocycles. The molecule has 0 aliphatic carbocycles. The van der Waals surface area contributed by atoms with Gasteiger partial charge in [-0.25, -0.2) is 0 Å². The first-order chi connectivity index (χ1) is 8.29. The molecule has 1 aliphatic rings. The molecule has 1 atom stereocenters. The molecule has 3 nitrogen and oxygen atoms in total. The summed E-state index contributed by atoms with van der Waals surface area (Å²) in [5.41, 5.74) is 0.788. The van der Waals surface area contributed by atoms with Crippen LogP contribution in [0.1, 0.15) is 29.6 Å². The van der Waals surface area contributed by atoms with Gasteiger partial charge in [-0.3, -0.25) is 4.79 Å². The van der Waals surface area contributed by atoms with Crippen molar-refractivity contribution in [3.8, 4) is 5.75 Å². The van der Waals surface area contributed by atoms with E-state index >= 15 is 0 Å². The van der Waals surface area contributed by atoms with E-state index in [1.54, 1.807) is 7.11 Å². The molecule has 0 bridgehead atoms. The van der Waals surface area contributed by atoms with Gasteiger partial charge >= 0.3 is 0 Å². The van der Waals surface area contributed by atoms with Crippen molar-refractivity contribution in [2.75, 3.05) is 20.2 Å². The highest BCUT2D eigenvalue weighted by Gasteiger charge is 2.17. The third-order valence-corrected chi connectivity index (χ3v) is 3.29. The van der Waals surface area contributed by atoms with Crippen molar-refractivity contribution in [2.45, 2.75) is 19.3 Å². The molecule has 1 aromatic rings. The number of Topliss-reactive ketones (excluding diaryl/α,β-unsaturated/α-hetero) is 1. The molecule has 1 fully saturated rings. The normalized spacial score (nSPS) is 19.9. The summed E-state index contributed by atoms with van der Waals surface area (Å²) in [6, 6.07) is 7.37. The van der Waals surface area contributed by atoms with E-state index < -0.39 is 0 Å². The van der Waals surface area contributed by atoms with Gasteiger partial charge in [-0.1, -0.05) is 0 Å². The fraction of sp³-hybridized carbons (Fsp3) is 0.500. The van der Waals surface area contributed by atoms with E-state index in [0.29, 0.717) is 12.3 Å². The van der Waals surface area contributed by atoms with Gasteiger partial charge < -0.3 is 10.1 Å². The predicted molar refractivity (Wildman–Crippen MR) is 67.5 cm³/mol. The second-order valence-electron chi connectivity index (χ2n) is 4.57. The van der Waals surface area contributed by atoms with Gasteiger partial charge in [0.25, 0.3) is 0 Å². The van der Waals surface area contributed by atoms with Crippen LogP contribution in [0.25, 0.3) is 0 Å². The van der Waals surface area contributed by atoms with Crippen LogP contribution in [0, 0.1) is 5.92 Å². The molecule has 2 rings (SSSR count). The van der Waals surface area contributed by atoms with Gasteiger partial charge in [0.05, 0.1) is 7.11 Å². The maximum absolute atomic E-state index is 12.0. The van der Waals surface area contributed by atoms with Crippen LogP contribution in [0.5, 0.6) is 5.75 Å². The maximum Gasteiger partial charge on any atom is 0.163 e. The molecule has 0 amide bonds. The summed E-state index contributed by atoms with van der Waals surface area (Å²) in [5.74, 6) is 1.53. The minimum atomic E-state index is 0.237. The molecule has 3 heteroatoms. The summed E-state index contributed by atoms with van der Waals surface area (Å²) in [6.07, 6.45) is 2.99. The first-order valence-corrected chi connectivity index (χ1v) is 6.17. The number of carbonyl (C=O) groups is 1. The Labute approximate surface area is 102 Å². The molecule has 1 aromatic carbocycles. The van der Waals surface area contributed by atoms with E-state index in [4.69, 9.17) is 4.74 Å². The SMILES string of the molecule is COc1ccc(C(=O)CC2CCCNC2)cc1. The molecule has 0 spiro atoms. The van der Waals surface area contributed by atoms with E-state index in [-0.39, 0.29) is 5.78 Å². The molecule has 1 unspecified atom stereocenters. The largest absolute Gasteiger partial charge is 0.497 e. The minimum Gasteiger partial charge on any atom is -0.497 e. The Morgan fingerprint density at radius 3 is 2.76 bits per heavy atom. The van der Waals surface area contributed by atoms with Crippen molar-refractivity contribution in [1.29, 1.82) is 0 Å². The monoisotopic (exact) mass is 233 g/mol. The summed E-state index contributed by atoms with van der Waals surface area (Å²) < 4.78 is 5.08. The number of nitrogens with one attached hydrogen (secondary N) is 1. The Kier molecular flexibility index (Phi) is 4.15. The number of carbonyl (C=O) groups excluding carboxylic acids is 1. The van der Waals surface area contributed by atoms with Gasteiger partial charge in [-0.2, -0.15) is 0 Å². The maximum atomic E-state index is 12.0. The molecule has 0 radical (unpaired) electrons. The van der Waals surface area contributed by atoms with Crippen LogP contribution in [0.15, 0.2) is 24.3 Å². The zero-order valence-electron chi connectivity index (χ0n) is 10.2. The third-order valence-electron chi connectivity index (χ3n) is 3.29. The van der Waals surface area contributed by atoms with Crippen molar-refractivity contribution in [3.05, 3.63) is 29.8 Å². The van der Waals surface area contributed by atoms with Crippen molar-refractivity contribution >= 4 is 5.78 Å².